The molecule has 0 amide bonds. The van der Waals surface area contributed by atoms with Crippen LogP contribution in [0.3, 0.4) is 0 Å². The van der Waals surface area contributed by atoms with Crippen LogP contribution in [0.1, 0.15) is 303 Å². The summed E-state index contributed by atoms with van der Waals surface area (Å²) in [6, 6.07) is 0. The van der Waals surface area contributed by atoms with E-state index in [0.717, 1.165) is 109 Å². The van der Waals surface area contributed by atoms with Crippen LogP contribution in [0.4, 0.5) is 0 Å². The van der Waals surface area contributed by atoms with Crippen LogP contribution in [0.5, 0.6) is 0 Å². The molecule has 0 aliphatic rings. The Morgan fingerprint density at radius 2 is 0.562 bits per heavy atom. The zero-order chi connectivity index (χ0) is 52.9. The van der Waals surface area contributed by atoms with Crippen LogP contribution < -0.4 is 0 Å². The van der Waals surface area contributed by atoms with Gasteiger partial charge in [0, 0.05) is 19.3 Å². The number of esters is 3. The van der Waals surface area contributed by atoms with E-state index in [-0.39, 0.29) is 31.1 Å². The quantitative estimate of drug-likeness (QED) is 0.0261. The molecule has 0 radical (unpaired) electrons. The van der Waals surface area contributed by atoms with E-state index in [4.69, 9.17) is 14.2 Å². The number of hydrogen-bond acceptors (Lipinski definition) is 6. The first kappa shape index (κ1) is 69.6. The second kappa shape index (κ2) is 61.1. The third kappa shape index (κ3) is 59.3. The first-order chi connectivity index (χ1) is 36.0. The number of ether oxygens (including phenoxy) is 3. The summed E-state index contributed by atoms with van der Waals surface area (Å²) in [5, 5.41) is 0. The molecule has 1 unspecified atom stereocenters. The summed E-state index contributed by atoms with van der Waals surface area (Å²) in [5.41, 5.74) is 0. The highest BCUT2D eigenvalue weighted by Crippen LogP contribution is 2.16. The van der Waals surface area contributed by atoms with Crippen molar-refractivity contribution in [2.24, 2.45) is 0 Å². The van der Waals surface area contributed by atoms with Crippen molar-refractivity contribution in [3.8, 4) is 0 Å². The van der Waals surface area contributed by atoms with Crippen molar-refractivity contribution in [2.45, 2.75) is 309 Å². The van der Waals surface area contributed by atoms with Gasteiger partial charge in [0.2, 0.25) is 0 Å². The molecule has 0 aliphatic carbocycles. The Balaban J connectivity index is 4.34. The third-order valence-electron chi connectivity index (χ3n) is 13.3. The Bertz CT molecular complexity index is 1400. The molecule has 0 saturated carbocycles. The van der Waals surface area contributed by atoms with Crippen molar-refractivity contribution in [3.63, 3.8) is 0 Å². The van der Waals surface area contributed by atoms with Gasteiger partial charge >= 0.3 is 17.9 Å². The molecule has 0 aromatic heterocycles. The highest BCUT2D eigenvalue weighted by Gasteiger charge is 2.19. The van der Waals surface area contributed by atoms with Gasteiger partial charge in [-0.25, -0.2) is 0 Å². The van der Waals surface area contributed by atoms with Gasteiger partial charge in [-0.05, 0) is 109 Å². The summed E-state index contributed by atoms with van der Waals surface area (Å²) in [6.07, 6.45) is 80.1. The Kier molecular flexibility index (Phi) is 58.3. The molecular weight excluding hydrogens is 901 g/mol. The predicted octanol–water partition coefficient (Wildman–Crippen LogP) is 21.1. The second-order valence-electron chi connectivity index (χ2n) is 20.6. The molecule has 0 bridgehead atoms. The molecule has 73 heavy (non-hydrogen) atoms. The van der Waals surface area contributed by atoms with Crippen molar-refractivity contribution >= 4 is 17.9 Å². The number of carbonyl (C=O) groups is 3. The van der Waals surface area contributed by atoms with Gasteiger partial charge in [0.1, 0.15) is 13.2 Å². The Morgan fingerprint density at radius 3 is 0.904 bits per heavy atom. The lowest BCUT2D eigenvalue weighted by Crippen LogP contribution is -2.30. The Hall–Kier alpha value is -3.41. The van der Waals surface area contributed by atoms with Crippen molar-refractivity contribution in [1.82, 2.24) is 0 Å². The summed E-state index contributed by atoms with van der Waals surface area (Å²) in [6.45, 7) is 6.47. The van der Waals surface area contributed by atoms with Gasteiger partial charge in [-0.1, -0.05) is 260 Å². The fourth-order valence-electron chi connectivity index (χ4n) is 8.70. The maximum atomic E-state index is 12.9. The number of unbranched alkanes of at least 4 members (excludes halogenated alkanes) is 31. The summed E-state index contributed by atoms with van der Waals surface area (Å²) in [5.74, 6) is -0.893. The summed E-state index contributed by atoms with van der Waals surface area (Å²) >= 11 is 0. The van der Waals surface area contributed by atoms with Crippen LogP contribution in [0.25, 0.3) is 0 Å². The highest BCUT2D eigenvalue weighted by molar-refractivity contribution is 5.71. The van der Waals surface area contributed by atoms with E-state index >= 15 is 0 Å². The maximum absolute atomic E-state index is 12.9. The fourth-order valence-corrected chi connectivity index (χ4v) is 8.70. The predicted molar refractivity (Wildman–Crippen MR) is 316 cm³/mol. The van der Waals surface area contributed by atoms with Crippen LogP contribution in [-0.2, 0) is 28.6 Å². The summed E-state index contributed by atoms with van der Waals surface area (Å²) < 4.78 is 16.9. The Labute approximate surface area is 452 Å². The van der Waals surface area contributed by atoms with Crippen molar-refractivity contribution < 1.29 is 28.6 Å². The van der Waals surface area contributed by atoms with Gasteiger partial charge in [-0.15, -0.1) is 0 Å². The van der Waals surface area contributed by atoms with E-state index in [1.165, 1.54) is 154 Å². The van der Waals surface area contributed by atoms with Gasteiger partial charge in [-0.3, -0.25) is 14.4 Å². The minimum Gasteiger partial charge on any atom is -0.462 e. The zero-order valence-electron chi connectivity index (χ0n) is 48.1. The lowest BCUT2D eigenvalue weighted by atomic mass is 10.0. The van der Waals surface area contributed by atoms with E-state index in [9.17, 15) is 14.4 Å². The molecular formula is C67H116O6. The molecule has 0 aliphatic heterocycles. The van der Waals surface area contributed by atoms with Gasteiger partial charge in [0.15, 0.2) is 6.10 Å². The molecule has 1 atom stereocenters. The lowest BCUT2D eigenvalue weighted by Gasteiger charge is -2.18. The fraction of sp³-hybridized carbons (Fsp3) is 0.746. The zero-order valence-corrected chi connectivity index (χ0v) is 48.1. The molecule has 0 heterocycles. The SMILES string of the molecule is CC/C=C\C/C=C\C/C=C\C/C=C\CCCCCCCCCCCCC(=O)OCC(COC(=O)CCCCCCC/C=C\C/C=C\CCC)OC(=O)CCCCCCCCCCC/C=C\CCCCCCCC. The topological polar surface area (TPSA) is 78.9 Å². The Morgan fingerprint density at radius 1 is 0.288 bits per heavy atom. The van der Waals surface area contributed by atoms with Crippen LogP contribution >= 0.6 is 0 Å². The minimum atomic E-state index is -0.786. The molecule has 0 fully saturated rings. The molecule has 0 saturated heterocycles. The summed E-state index contributed by atoms with van der Waals surface area (Å²) in [4.78, 5) is 38.3. The molecule has 0 aromatic carbocycles. The van der Waals surface area contributed by atoms with E-state index in [0.29, 0.717) is 19.3 Å². The number of hydrogen-bond donors (Lipinski definition) is 0. The molecule has 0 spiro atoms. The van der Waals surface area contributed by atoms with E-state index < -0.39 is 6.10 Å². The molecule has 0 aromatic rings. The summed E-state index contributed by atoms with van der Waals surface area (Å²) in [7, 11) is 0. The number of rotatable bonds is 56. The minimum absolute atomic E-state index is 0.0831. The van der Waals surface area contributed by atoms with Gasteiger partial charge in [0.25, 0.3) is 0 Å². The molecule has 6 nitrogen and oxygen atoms in total. The van der Waals surface area contributed by atoms with E-state index in [2.05, 4.69) is 106 Å². The molecule has 0 rings (SSSR count). The maximum Gasteiger partial charge on any atom is 0.306 e. The van der Waals surface area contributed by atoms with Crippen LogP contribution in [0.2, 0.25) is 0 Å². The third-order valence-corrected chi connectivity index (χ3v) is 13.3. The van der Waals surface area contributed by atoms with E-state index in [1.807, 2.05) is 0 Å². The van der Waals surface area contributed by atoms with Crippen molar-refractivity contribution in [1.29, 1.82) is 0 Å². The normalized spacial score (nSPS) is 12.6. The first-order valence-corrected chi connectivity index (χ1v) is 31.1. The monoisotopic (exact) mass is 1020 g/mol. The second-order valence-corrected chi connectivity index (χ2v) is 20.6. The lowest BCUT2D eigenvalue weighted by molar-refractivity contribution is -0.167. The van der Waals surface area contributed by atoms with Crippen molar-refractivity contribution in [2.75, 3.05) is 13.2 Å². The molecule has 420 valence electrons. The first-order valence-electron chi connectivity index (χ1n) is 31.1. The standard InChI is InChI=1S/C67H116O6/c1-4-7-10-13-16-19-22-25-27-29-31-32-33-34-36-37-39-42-45-48-51-54-57-60-66(69)72-63-64(62-71-65(68)59-56-53-50-47-44-41-24-21-18-15-12-9-6-3)73-67(70)61-58-55-52-49-46-43-40-38-35-30-28-26-23-20-17-14-11-8-5-2/h7,10,12,15-16,19,21,24-28,31-32,64H,4-6,8-9,11,13-14,17-18,20,22-23,29-30,33-63H2,1-3H3/b10-7-,15-12-,19-16-,24-21-,27-25-,28-26-,32-31-. The highest BCUT2D eigenvalue weighted by atomic mass is 16.6. The van der Waals surface area contributed by atoms with Gasteiger partial charge in [0.05, 0.1) is 0 Å². The smallest absolute Gasteiger partial charge is 0.306 e. The largest absolute Gasteiger partial charge is 0.462 e. The molecule has 6 heteroatoms. The molecule has 0 N–H and O–H groups in total. The van der Waals surface area contributed by atoms with E-state index in [1.54, 1.807) is 0 Å². The average Bonchev–Trinajstić information content (AvgIpc) is 3.39. The van der Waals surface area contributed by atoms with Crippen LogP contribution in [0.15, 0.2) is 85.1 Å². The van der Waals surface area contributed by atoms with Crippen LogP contribution in [0, 0.1) is 0 Å². The van der Waals surface area contributed by atoms with Gasteiger partial charge < -0.3 is 14.2 Å². The number of allylic oxidation sites excluding steroid dienone is 14. The van der Waals surface area contributed by atoms with Crippen molar-refractivity contribution in [3.05, 3.63) is 85.1 Å². The van der Waals surface area contributed by atoms with Gasteiger partial charge in [-0.2, -0.15) is 0 Å². The van der Waals surface area contributed by atoms with Crippen LogP contribution in [-0.4, -0.2) is 37.2 Å². The number of carbonyl (C=O) groups excluding carboxylic acids is 3. The average molecular weight is 1020 g/mol.